The molecule has 0 radical (unpaired) electrons. The SMILES string of the molecule is CC1=C(C=CC(=O)CC=O)C(C)(C)CCC1. The van der Waals surface area contributed by atoms with Crippen LogP contribution in [-0.4, -0.2) is 12.1 Å². The molecule has 0 bridgehead atoms. The Hall–Kier alpha value is -1.18. The molecule has 0 N–H and O–H groups in total. The van der Waals surface area contributed by atoms with Gasteiger partial charge in [-0.05, 0) is 43.3 Å². The molecule has 0 saturated heterocycles. The molecule has 0 saturated carbocycles. The predicted molar refractivity (Wildman–Crippen MR) is 65.2 cm³/mol. The Bertz CT molecular complexity index is 346. The molecule has 0 atom stereocenters. The number of allylic oxidation sites excluding steroid dienone is 4. The van der Waals surface area contributed by atoms with E-state index in [0.717, 1.165) is 12.8 Å². The lowest BCUT2D eigenvalue weighted by atomic mass is 9.72. The summed E-state index contributed by atoms with van der Waals surface area (Å²) in [6.07, 6.45) is 7.58. The van der Waals surface area contributed by atoms with Crippen LogP contribution in [-0.2, 0) is 9.59 Å². The Balaban J connectivity index is 2.85. The third-order valence-corrected chi connectivity index (χ3v) is 3.26. The van der Waals surface area contributed by atoms with Crippen molar-refractivity contribution in [2.45, 2.75) is 46.5 Å². The lowest BCUT2D eigenvalue weighted by Gasteiger charge is -2.32. The van der Waals surface area contributed by atoms with Crippen LogP contribution in [0.25, 0.3) is 0 Å². The maximum absolute atomic E-state index is 11.3. The number of hydrogen-bond donors (Lipinski definition) is 0. The molecule has 1 rings (SSSR count). The first-order chi connectivity index (χ1) is 7.47. The summed E-state index contributed by atoms with van der Waals surface area (Å²) in [5, 5.41) is 0. The van der Waals surface area contributed by atoms with Gasteiger partial charge in [-0.3, -0.25) is 4.79 Å². The summed E-state index contributed by atoms with van der Waals surface area (Å²) >= 11 is 0. The van der Waals surface area contributed by atoms with Crippen molar-refractivity contribution in [1.29, 1.82) is 0 Å². The van der Waals surface area contributed by atoms with E-state index in [0.29, 0.717) is 6.29 Å². The van der Waals surface area contributed by atoms with Crippen molar-refractivity contribution >= 4 is 12.1 Å². The van der Waals surface area contributed by atoms with Gasteiger partial charge < -0.3 is 4.79 Å². The summed E-state index contributed by atoms with van der Waals surface area (Å²) in [7, 11) is 0. The van der Waals surface area contributed by atoms with Gasteiger partial charge in [0, 0.05) is 0 Å². The predicted octanol–water partition coefficient (Wildman–Crippen LogP) is 3.23. The molecule has 0 aromatic rings. The zero-order valence-electron chi connectivity index (χ0n) is 10.4. The molecule has 16 heavy (non-hydrogen) atoms. The third-order valence-electron chi connectivity index (χ3n) is 3.26. The van der Waals surface area contributed by atoms with Crippen molar-refractivity contribution in [1.82, 2.24) is 0 Å². The number of hydrogen-bond acceptors (Lipinski definition) is 2. The molecule has 0 aliphatic heterocycles. The number of rotatable bonds is 4. The molecule has 1 aliphatic carbocycles. The van der Waals surface area contributed by atoms with E-state index in [1.54, 1.807) is 6.08 Å². The van der Waals surface area contributed by atoms with Crippen LogP contribution >= 0.6 is 0 Å². The Morgan fingerprint density at radius 1 is 1.44 bits per heavy atom. The topological polar surface area (TPSA) is 34.1 Å². The summed E-state index contributed by atoms with van der Waals surface area (Å²) in [6.45, 7) is 6.55. The monoisotopic (exact) mass is 220 g/mol. The summed E-state index contributed by atoms with van der Waals surface area (Å²) < 4.78 is 0. The van der Waals surface area contributed by atoms with E-state index in [-0.39, 0.29) is 17.6 Å². The fraction of sp³-hybridized carbons (Fsp3) is 0.571. The lowest BCUT2D eigenvalue weighted by Crippen LogP contribution is -2.19. The zero-order chi connectivity index (χ0) is 12.2. The van der Waals surface area contributed by atoms with E-state index in [2.05, 4.69) is 20.8 Å². The second-order valence-corrected chi connectivity index (χ2v) is 5.10. The Labute approximate surface area is 97.4 Å². The Morgan fingerprint density at radius 2 is 2.12 bits per heavy atom. The maximum atomic E-state index is 11.3. The van der Waals surface area contributed by atoms with Gasteiger partial charge in [0.2, 0.25) is 0 Å². The minimum absolute atomic E-state index is 0.0107. The molecule has 0 fully saturated rings. The first-order valence-electron chi connectivity index (χ1n) is 5.82. The zero-order valence-corrected chi connectivity index (χ0v) is 10.4. The van der Waals surface area contributed by atoms with E-state index in [9.17, 15) is 9.59 Å². The van der Waals surface area contributed by atoms with Gasteiger partial charge in [0.25, 0.3) is 0 Å². The van der Waals surface area contributed by atoms with Crippen molar-refractivity contribution in [3.05, 3.63) is 23.3 Å². The Morgan fingerprint density at radius 3 is 2.69 bits per heavy atom. The van der Waals surface area contributed by atoms with Gasteiger partial charge in [0.1, 0.15) is 6.29 Å². The average Bonchev–Trinajstić information content (AvgIpc) is 2.16. The highest BCUT2D eigenvalue weighted by Crippen LogP contribution is 2.40. The average molecular weight is 220 g/mol. The third kappa shape index (κ3) is 3.16. The van der Waals surface area contributed by atoms with Crippen LogP contribution in [0.15, 0.2) is 23.3 Å². The van der Waals surface area contributed by atoms with Gasteiger partial charge in [0.15, 0.2) is 5.78 Å². The number of carbonyl (C=O) groups excluding carboxylic acids is 2. The summed E-state index contributed by atoms with van der Waals surface area (Å²) in [5.41, 5.74) is 2.78. The maximum Gasteiger partial charge on any atom is 0.162 e. The highest BCUT2D eigenvalue weighted by atomic mass is 16.1. The van der Waals surface area contributed by atoms with Crippen molar-refractivity contribution in [2.75, 3.05) is 0 Å². The molecule has 1 aliphatic rings. The van der Waals surface area contributed by atoms with Gasteiger partial charge in [0.05, 0.1) is 6.42 Å². The van der Waals surface area contributed by atoms with Crippen molar-refractivity contribution in [3.8, 4) is 0 Å². The van der Waals surface area contributed by atoms with Gasteiger partial charge >= 0.3 is 0 Å². The van der Waals surface area contributed by atoms with E-state index in [4.69, 9.17) is 0 Å². The van der Waals surface area contributed by atoms with Crippen LogP contribution in [0.4, 0.5) is 0 Å². The Kier molecular flexibility index (Phi) is 4.22. The molecule has 0 aromatic carbocycles. The van der Waals surface area contributed by atoms with E-state index >= 15 is 0 Å². The highest BCUT2D eigenvalue weighted by Gasteiger charge is 2.26. The molecular weight excluding hydrogens is 200 g/mol. The van der Waals surface area contributed by atoms with Crippen molar-refractivity contribution < 1.29 is 9.59 Å². The van der Waals surface area contributed by atoms with Crippen LogP contribution < -0.4 is 0 Å². The second kappa shape index (κ2) is 5.24. The standard InChI is InChI=1S/C14H20O2/c1-11-5-4-9-14(2,3)13(11)7-6-12(16)8-10-15/h6-7,10H,4-5,8-9H2,1-3H3. The minimum Gasteiger partial charge on any atom is -0.303 e. The van der Waals surface area contributed by atoms with E-state index in [1.807, 2.05) is 6.08 Å². The largest absolute Gasteiger partial charge is 0.303 e. The fourth-order valence-electron chi connectivity index (χ4n) is 2.34. The minimum atomic E-state index is -0.114. The molecule has 2 heteroatoms. The second-order valence-electron chi connectivity index (χ2n) is 5.10. The summed E-state index contributed by atoms with van der Waals surface area (Å²) in [6, 6.07) is 0. The summed E-state index contributed by atoms with van der Waals surface area (Å²) in [5.74, 6) is -0.114. The molecule has 0 unspecified atom stereocenters. The highest BCUT2D eigenvalue weighted by molar-refractivity contribution is 5.98. The lowest BCUT2D eigenvalue weighted by molar-refractivity contribution is -0.118. The molecule has 0 aromatic heterocycles. The molecule has 0 heterocycles. The molecular formula is C14H20O2. The van der Waals surface area contributed by atoms with Crippen LogP contribution in [0.3, 0.4) is 0 Å². The van der Waals surface area contributed by atoms with E-state index in [1.165, 1.54) is 17.6 Å². The fourth-order valence-corrected chi connectivity index (χ4v) is 2.34. The van der Waals surface area contributed by atoms with E-state index < -0.39 is 0 Å². The van der Waals surface area contributed by atoms with Gasteiger partial charge in [-0.1, -0.05) is 25.5 Å². The molecule has 88 valence electrons. The van der Waals surface area contributed by atoms with Gasteiger partial charge in [-0.2, -0.15) is 0 Å². The molecule has 0 amide bonds. The smallest absolute Gasteiger partial charge is 0.162 e. The van der Waals surface area contributed by atoms with Crippen molar-refractivity contribution in [2.24, 2.45) is 5.41 Å². The van der Waals surface area contributed by atoms with Crippen LogP contribution in [0.5, 0.6) is 0 Å². The summed E-state index contributed by atoms with van der Waals surface area (Å²) in [4.78, 5) is 21.5. The van der Waals surface area contributed by atoms with Gasteiger partial charge in [-0.25, -0.2) is 0 Å². The van der Waals surface area contributed by atoms with Gasteiger partial charge in [-0.15, -0.1) is 0 Å². The van der Waals surface area contributed by atoms with Crippen LogP contribution in [0.1, 0.15) is 46.5 Å². The normalized spacial score (nSPS) is 20.2. The number of carbonyl (C=O) groups is 2. The molecule has 0 spiro atoms. The first-order valence-corrected chi connectivity index (χ1v) is 5.82. The van der Waals surface area contributed by atoms with Crippen LogP contribution in [0, 0.1) is 5.41 Å². The number of ketones is 1. The molecule has 2 nitrogen and oxygen atoms in total. The number of aldehydes is 1. The first kappa shape index (κ1) is 12.9. The van der Waals surface area contributed by atoms with Crippen LogP contribution in [0.2, 0.25) is 0 Å². The van der Waals surface area contributed by atoms with Crippen molar-refractivity contribution in [3.63, 3.8) is 0 Å². The quantitative estimate of drug-likeness (QED) is 0.414.